The van der Waals surface area contributed by atoms with Gasteiger partial charge in [0.2, 0.25) is 0 Å². The molecule has 0 spiro atoms. The van der Waals surface area contributed by atoms with Crippen LogP contribution in [0.5, 0.6) is 0 Å². The molecule has 0 radical (unpaired) electrons. The third kappa shape index (κ3) is 6.51. The molecule has 1 saturated carbocycles. The summed E-state index contributed by atoms with van der Waals surface area (Å²) in [5.41, 5.74) is 2.84. The van der Waals surface area contributed by atoms with Crippen molar-refractivity contribution in [3.05, 3.63) is 47.5 Å². The van der Waals surface area contributed by atoms with Crippen molar-refractivity contribution in [1.29, 1.82) is 0 Å². The Balaban J connectivity index is 1.72. The molecule has 0 saturated heterocycles. The van der Waals surface area contributed by atoms with Gasteiger partial charge < -0.3 is 4.74 Å². The minimum atomic E-state index is 0.764. The number of ether oxygens (including phenoxy) is 1. The molecular weight excluding hydrogens is 280 g/mol. The summed E-state index contributed by atoms with van der Waals surface area (Å²) in [6, 6.07) is 9.20. The smallest absolute Gasteiger partial charge is 0.0716 e. The second-order valence-electron chi connectivity index (χ2n) is 7.02. The van der Waals surface area contributed by atoms with Gasteiger partial charge in [0.05, 0.1) is 6.61 Å². The molecule has 0 aromatic heterocycles. The Morgan fingerprint density at radius 1 is 1.04 bits per heavy atom. The second-order valence-corrected chi connectivity index (χ2v) is 7.02. The molecule has 0 unspecified atom stereocenters. The summed E-state index contributed by atoms with van der Waals surface area (Å²) in [6.45, 7) is 6.01. The Labute approximate surface area is 143 Å². The normalized spacial score (nSPS) is 21.8. The van der Waals surface area contributed by atoms with E-state index in [1.54, 1.807) is 0 Å². The molecule has 1 aromatic carbocycles. The van der Waals surface area contributed by atoms with Crippen LogP contribution >= 0.6 is 0 Å². The van der Waals surface area contributed by atoms with Crippen LogP contribution in [0.4, 0.5) is 0 Å². The molecule has 0 aliphatic heterocycles. The molecule has 2 rings (SSSR count). The Kier molecular flexibility index (Phi) is 8.46. The van der Waals surface area contributed by atoms with Crippen molar-refractivity contribution in [2.45, 2.75) is 77.7 Å². The fourth-order valence-electron chi connectivity index (χ4n) is 3.59. The quantitative estimate of drug-likeness (QED) is 0.367. The fraction of sp³-hybridized carbons (Fsp3) is 0.636. The third-order valence-corrected chi connectivity index (χ3v) is 5.16. The van der Waals surface area contributed by atoms with Gasteiger partial charge >= 0.3 is 0 Å². The monoisotopic (exact) mass is 314 g/mol. The number of allylic oxidation sites excluding steroid dienone is 2. The van der Waals surface area contributed by atoms with Gasteiger partial charge in [-0.15, -0.1) is 0 Å². The topological polar surface area (TPSA) is 9.23 Å². The molecule has 1 heteroatoms. The lowest BCUT2D eigenvalue weighted by Crippen LogP contribution is -2.12. The Hall–Kier alpha value is -1.08. The minimum absolute atomic E-state index is 0.764. The molecule has 0 atom stereocenters. The molecule has 1 aliphatic carbocycles. The summed E-state index contributed by atoms with van der Waals surface area (Å²) in [6.07, 6.45) is 15.0. The van der Waals surface area contributed by atoms with Crippen LogP contribution < -0.4 is 0 Å². The van der Waals surface area contributed by atoms with Gasteiger partial charge in [-0.25, -0.2) is 0 Å². The number of unbranched alkanes of at least 4 members (excludes halogenated alkanes) is 2. The third-order valence-electron chi connectivity index (χ3n) is 5.16. The highest BCUT2D eigenvalue weighted by atomic mass is 16.5. The predicted octanol–water partition coefficient (Wildman–Crippen LogP) is 6.63. The van der Waals surface area contributed by atoms with Crippen molar-refractivity contribution in [3.63, 3.8) is 0 Å². The minimum Gasteiger partial charge on any atom is -0.377 e. The van der Waals surface area contributed by atoms with Crippen molar-refractivity contribution in [3.8, 4) is 0 Å². The summed E-state index contributed by atoms with van der Waals surface area (Å²) in [5.74, 6) is 1.69. The van der Waals surface area contributed by atoms with E-state index in [0.29, 0.717) is 0 Å². The maximum atomic E-state index is 5.75. The van der Waals surface area contributed by atoms with E-state index in [2.05, 4.69) is 50.3 Å². The predicted molar refractivity (Wildman–Crippen MR) is 99.8 cm³/mol. The Morgan fingerprint density at radius 3 is 2.43 bits per heavy atom. The van der Waals surface area contributed by atoms with Crippen molar-refractivity contribution < 1.29 is 4.74 Å². The van der Waals surface area contributed by atoms with Gasteiger partial charge in [-0.3, -0.25) is 0 Å². The van der Waals surface area contributed by atoms with Crippen molar-refractivity contribution >= 4 is 0 Å². The van der Waals surface area contributed by atoms with E-state index in [0.717, 1.165) is 25.0 Å². The van der Waals surface area contributed by atoms with Gasteiger partial charge in [-0.05, 0) is 68.4 Å². The van der Waals surface area contributed by atoms with Crippen LogP contribution in [0.25, 0.3) is 0 Å². The first kappa shape index (κ1) is 18.3. The summed E-state index contributed by atoms with van der Waals surface area (Å²) in [7, 11) is 0. The van der Waals surface area contributed by atoms with Crippen LogP contribution in [0, 0.1) is 5.92 Å². The number of hydrogen-bond acceptors (Lipinski definition) is 1. The average Bonchev–Trinajstić information content (AvgIpc) is 2.61. The van der Waals surface area contributed by atoms with E-state index in [1.165, 1.54) is 62.5 Å². The zero-order chi connectivity index (χ0) is 16.3. The molecule has 0 amide bonds. The molecule has 1 aliphatic rings. The van der Waals surface area contributed by atoms with Crippen molar-refractivity contribution in [2.75, 3.05) is 6.61 Å². The lowest BCUT2D eigenvalue weighted by atomic mass is 9.77. The van der Waals surface area contributed by atoms with Crippen LogP contribution in [0.15, 0.2) is 36.4 Å². The molecular formula is C22H34O. The van der Waals surface area contributed by atoms with Crippen molar-refractivity contribution in [1.82, 2.24) is 0 Å². The number of benzene rings is 1. The first-order valence-electron chi connectivity index (χ1n) is 9.61. The van der Waals surface area contributed by atoms with E-state index in [-0.39, 0.29) is 0 Å². The highest BCUT2D eigenvalue weighted by molar-refractivity contribution is 5.25. The average molecular weight is 315 g/mol. The lowest BCUT2D eigenvalue weighted by molar-refractivity contribution is 0.117. The van der Waals surface area contributed by atoms with Crippen molar-refractivity contribution in [2.24, 2.45) is 5.92 Å². The van der Waals surface area contributed by atoms with Crippen LogP contribution in [0.3, 0.4) is 0 Å². The molecule has 1 nitrogen and oxygen atoms in total. The maximum absolute atomic E-state index is 5.75. The van der Waals surface area contributed by atoms with Gasteiger partial charge in [0, 0.05) is 6.61 Å². The zero-order valence-electron chi connectivity index (χ0n) is 15.1. The zero-order valence-corrected chi connectivity index (χ0v) is 15.1. The van der Waals surface area contributed by atoms with Crippen LogP contribution in [0.1, 0.15) is 82.3 Å². The molecule has 1 fully saturated rings. The first-order valence-corrected chi connectivity index (χ1v) is 9.61. The van der Waals surface area contributed by atoms with Gasteiger partial charge in [-0.2, -0.15) is 0 Å². The van der Waals surface area contributed by atoms with Gasteiger partial charge in [0.25, 0.3) is 0 Å². The van der Waals surface area contributed by atoms with Crippen LogP contribution in [-0.2, 0) is 11.3 Å². The Bertz CT molecular complexity index is 438. The maximum Gasteiger partial charge on any atom is 0.0716 e. The van der Waals surface area contributed by atoms with E-state index in [4.69, 9.17) is 4.74 Å². The number of hydrogen-bond donors (Lipinski definition) is 0. The van der Waals surface area contributed by atoms with Crippen LogP contribution in [0.2, 0.25) is 0 Å². The molecule has 0 N–H and O–H groups in total. The van der Waals surface area contributed by atoms with E-state index >= 15 is 0 Å². The second kappa shape index (κ2) is 10.6. The summed E-state index contributed by atoms with van der Waals surface area (Å²) >= 11 is 0. The molecule has 1 aromatic rings. The molecule has 128 valence electrons. The first-order chi connectivity index (χ1) is 11.3. The largest absolute Gasteiger partial charge is 0.377 e. The fourth-order valence-corrected chi connectivity index (χ4v) is 3.59. The molecule has 0 heterocycles. The van der Waals surface area contributed by atoms with E-state index in [9.17, 15) is 0 Å². The number of rotatable bonds is 9. The van der Waals surface area contributed by atoms with Gasteiger partial charge in [0.1, 0.15) is 0 Å². The Morgan fingerprint density at radius 2 is 1.78 bits per heavy atom. The molecule has 23 heavy (non-hydrogen) atoms. The highest BCUT2D eigenvalue weighted by Gasteiger charge is 2.21. The van der Waals surface area contributed by atoms with E-state index in [1.807, 2.05) is 0 Å². The highest BCUT2D eigenvalue weighted by Crippen LogP contribution is 2.37. The summed E-state index contributed by atoms with van der Waals surface area (Å²) in [5, 5.41) is 0. The standard InChI is InChI=1S/C22H34O/c1-3-5-7-17-23-18-20-11-15-22(16-12-20)21-13-9-19(10-14-21)8-6-4-2/h4,6,11-12,15-16,19,21H,3,5,7-10,13-14,17-18H2,1-2H3/t19-,21-. The summed E-state index contributed by atoms with van der Waals surface area (Å²) < 4.78 is 5.75. The van der Waals surface area contributed by atoms with Gasteiger partial charge in [-0.1, -0.05) is 56.2 Å². The lowest BCUT2D eigenvalue weighted by Gasteiger charge is -2.28. The molecule has 0 bridgehead atoms. The summed E-state index contributed by atoms with van der Waals surface area (Å²) in [4.78, 5) is 0. The SMILES string of the molecule is CC=CC[C@H]1CC[C@H](c2ccc(COCCCCC)cc2)CC1. The van der Waals surface area contributed by atoms with E-state index < -0.39 is 0 Å². The van der Waals surface area contributed by atoms with Gasteiger partial charge in [0.15, 0.2) is 0 Å². The van der Waals surface area contributed by atoms with Crippen LogP contribution in [-0.4, -0.2) is 6.61 Å².